The maximum absolute atomic E-state index is 12.4. The molecule has 1 fully saturated rings. The van der Waals surface area contributed by atoms with Gasteiger partial charge in [0.25, 0.3) is 5.91 Å². The van der Waals surface area contributed by atoms with Crippen molar-refractivity contribution in [2.24, 2.45) is 0 Å². The fraction of sp³-hybridized carbons (Fsp3) is 0.500. The first-order chi connectivity index (χ1) is 8.24. The van der Waals surface area contributed by atoms with Crippen LogP contribution in [0.25, 0.3) is 0 Å². The molecular weight excluding hydrogens is 240 g/mol. The van der Waals surface area contributed by atoms with Gasteiger partial charge in [0.05, 0.1) is 24.8 Å². The van der Waals surface area contributed by atoms with Crippen molar-refractivity contribution in [1.29, 1.82) is 0 Å². The molecule has 0 aromatic carbocycles. The summed E-state index contributed by atoms with van der Waals surface area (Å²) in [5, 5.41) is 0. The lowest BCUT2D eigenvalue weighted by molar-refractivity contribution is 0.00449. The molecule has 92 valence electrons. The third-order valence-corrected chi connectivity index (χ3v) is 3.26. The van der Waals surface area contributed by atoms with Crippen LogP contribution in [0.1, 0.15) is 16.1 Å². The SMILES string of the molecule is Cc1ncccc1C(=O)N1CCOCC1CCl. The van der Waals surface area contributed by atoms with E-state index in [0.717, 1.165) is 5.69 Å². The Morgan fingerprint density at radius 1 is 1.71 bits per heavy atom. The standard InChI is InChI=1S/C12H15ClN2O2/c1-9-11(3-2-4-14-9)12(16)15-5-6-17-8-10(15)7-13/h2-4,10H,5-8H2,1H3. The number of rotatable bonds is 2. The number of amides is 1. The van der Waals surface area contributed by atoms with Crippen molar-refractivity contribution in [1.82, 2.24) is 9.88 Å². The molecule has 0 aliphatic carbocycles. The van der Waals surface area contributed by atoms with E-state index in [9.17, 15) is 4.79 Å². The van der Waals surface area contributed by atoms with Crippen molar-refractivity contribution < 1.29 is 9.53 Å². The number of carbonyl (C=O) groups is 1. The van der Waals surface area contributed by atoms with Crippen LogP contribution >= 0.6 is 11.6 Å². The summed E-state index contributed by atoms with van der Waals surface area (Å²) < 4.78 is 5.33. The number of hydrogen-bond acceptors (Lipinski definition) is 3. The Labute approximate surface area is 106 Å². The maximum atomic E-state index is 12.4. The quantitative estimate of drug-likeness (QED) is 0.751. The first-order valence-corrected chi connectivity index (χ1v) is 6.13. The molecule has 1 aromatic rings. The minimum Gasteiger partial charge on any atom is -0.377 e. The monoisotopic (exact) mass is 254 g/mol. The van der Waals surface area contributed by atoms with Crippen LogP contribution in [0.3, 0.4) is 0 Å². The van der Waals surface area contributed by atoms with Gasteiger partial charge in [0.1, 0.15) is 0 Å². The van der Waals surface area contributed by atoms with Crippen LogP contribution in [0, 0.1) is 6.92 Å². The fourth-order valence-corrected chi connectivity index (χ4v) is 2.17. The maximum Gasteiger partial charge on any atom is 0.256 e. The van der Waals surface area contributed by atoms with E-state index in [1.807, 2.05) is 6.92 Å². The Morgan fingerprint density at radius 2 is 2.53 bits per heavy atom. The van der Waals surface area contributed by atoms with E-state index in [2.05, 4.69) is 4.98 Å². The average Bonchev–Trinajstić information content (AvgIpc) is 2.38. The first kappa shape index (κ1) is 12.3. The van der Waals surface area contributed by atoms with Gasteiger partial charge >= 0.3 is 0 Å². The summed E-state index contributed by atoms with van der Waals surface area (Å²) in [7, 11) is 0. The van der Waals surface area contributed by atoms with Gasteiger partial charge in [-0.05, 0) is 19.1 Å². The number of aromatic nitrogens is 1. The highest BCUT2D eigenvalue weighted by molar-refractivity contribution is 6.18. The van der Waals surface area contributed by atoms with E-state index in [1.165, 1.54) is 0 Å². The van der Waals surface area contributed by atoms with Crippen LogP contribution in [-0.4, -0.2) is 47.5 Å². The van der Waals surface area contributed by atoms with Gasteiger partial charge in [0.15, 0.2) is 0 Å². The van der Waals surface area contributed by atoms with E-state index in [0.29, 0.717) is 31.2 Å². The highest BCUT2D eigenvalue weighted by atomic mass is 35.5. The lowest BCUT2D eigenvalue weighted by Gasteiger charge is -2.34. The minimum absolute atomic E-state index is 0.00968. The molecule has 2 rings (SSSR count). The number of alkyl halides is 1. The van der Waals surface area contributed by atoms with E-state index >= 15 is 0 Å². The summed E-state index contributed by atoms with van der Waals surface area (Å²) in [5.41, 5.74) is 1.39. The van der Waals surface area contributed by atoms with E-state index in [-0.39, 0.29) is 11.9 Å². The smallest absolute Gasteiger partial charge is 0.256 e. The number of pyridine rings is 1. The Balaban J connectivity index is 2.21. The molecule has 1 aromatic heterocycles. The third-order valence-electron chi connectivity index (χ3n) is 2.90. The molecule has 4 nitrogen and oxygen atoms in total. The molecule has 0 N–H and O–H groups in total. The average molecular weight is 255 g/mol. The molecule has 1 aliphatic heterocycles. The summed E-state index contributed by atoms with van der Waals surface area (Å²) in [4.78, 5) is 18.3. The summed E-state index contributed by atoms with van der Waals surface area (Å²) in [6.07, 6.45) is 1.68. The van der Waals surface area contributed by atoms with Gasteiger partial charge < -0.3 is 9.64 Å². The summed E-state index contributed by atoms with van der Waals surface area (Å²) >= 11 is 5.86. The molecular formula is C12H15ClN2O2. The molecule has 1 aliphatic rings. The van der Waals surface area contributed by atoms with Crippen molar-refractivity contribution in [3.8, 4) is 0 Å². The number of halogens is 1. The van der Waals surface area contributed by atoms with Crippen LogP contribution in [0.5, 0.6) is 0 Å². The third kappa shape index (κ3) is 2.58. The van der Waals surface area contributed by atoms with E-state index in [1.54, 1.807) is 23.2 Å². The highest BCUT2D eigenvalue weighted by Crippen LogP contribution is 2.15. The second kappa shape index (κ2) is 5.47. The minimum atomic E-state index is -0.0440. The predicted molar refractivity (Wildman–Crippen MR) is 65.3 cm³/mol. The number of aryl methyl sites for hydroxylation is 1. The molecule has 17 heavy (non-hydrogen) atoms. The Kier molecular flexibility index (Phi) is 3.97. The normalized spacial score (nSPS) is 20.4. The number of nitrogens with zero attached hydrogens (tertiary/aromatic N) is 2. The van der Waals surface area contributed by atoms with Gasteiger partial charge in [-0.1, -0.05) is 0 Å². The highest BCUT2D eigenvalue weighted by Gasteiger charge is 2.28. The largest absolute Gasteiger partial charge is 0.377 e. The van der Waals surface area contributed by atoms with Gasteiger partial charge in [-0.15, -0.1) is 11.6 Å². The number of morpholine rings is 1. The van der Waals surface area contributed by atoms with Crippen molar-refractivity contribution in [2.75, 3.05) is 25.6 Å². The second-order valence-corrected chi connectivity index (χ2v) is 4.33. The number of carbonyl (C=O) groups excluding carboxylic acids is 1. The second-order valence-electron chi connectivity index (χ2n) is 4.02. The molecule has 2 heterocycles. The Bertz CT molecular complexity index is 411. The molecule has 0 radical (unpaired) electrons. The van der Waals surface area contributed by atoms with Crippen molar-refractivity contribution in [3.05, 3.63) is 29.6 Å². The van der Waals surface area contributed by atoms with Crippen LogP contribution in [0.15, 0.2) is 18.3 Å². The van der Waals surface area contributed by atoms with Gasteiger partial charge in [-0.25, -0.2) is 0 Å². The first-order valence-electron chi connectivity index (χ1n) is 5.60. The molecule has 5 heteroatoms. The zero-order valence-corrected chi connectivity index (χ0v) is 10.5. The number of hydrogen-bond donors (Lipinski definition) is 0. The van der Waals surface area contributed by atoms with Crippen molar-refractivity contribution in [3.63, 3.8) is 0 Å². The summed E-state index contributed by atoms with van der Waals surface area (Å²) in [5.74, 6) is 0.384. The van der Waals surface area contributed by atoms with E-state index < -0.39 is 0 Å². The van der Waals surface area contributed by atoms with Crippen LogP contribution in [0.4, 0.5) is 0 Å². The molecule has 1 saturated heterocycles. The Hall–Kier alpha value is -1.13. The van der Waals surface area contributed by atoms with Gasteiger partial charge in [0.2, 0.25) is 0 Å². The molecule has 1 unspecified atom stereocenters. The zero-order valence-electron chi connectivity index (χ0n) is 9.73. The van der Waals surface area contributed by atoms with Crippen LogP contribution in [0.2, 0.25) is 0 Å². The lowest BCUT2D eigenvalue weighted by Crippen LogP contribution is -2.49. The zero-order chi connectivity index (χ0) is 12.3. The fourth-order valence-electron chi connectivity index (χ4n) is 1.92. The summed E-state index contributed by atoms with van der Waals surface area (Å²) in [6.45, 7) is 3.50. The topological polar surface area (TPSA) is 42.4 Å². The molecule has 0 bridgehead atoms. The van der Waals surface area contributed by atoms with Crippen molar-refractivity contribution >= 4 is 17.5 Å². The number of ether oxygens (including phenoxy) is 1. The molecule has 0 saturated carbocycles. The van der Waals surface area contributed by atoms with Crippen LogP contribution in [-0.2, 0) is 4.74 Å². The molecule has 1 atom stereocenters. The van der Waals surface area contributed by atoms with E-state index in [4.69, 9.17) is 16.3 Å². The predicted octanol–water partition coefficient (Wildman–Crippen LogP) is 1.47. The van der Waals surface area contributed by atoms with Gasteiger partial charge in [-0.3, -0.25) is 9.78 Å². The lowest BCUT2D eigenvalue weighted by atomic mass is 10.1. The summed E-state index contributed by atoms with van der Waals surface area (Å²) in [6, 6.07) is 3.53. The van der Waals surface area contributed by atoms with Gasteiger partial charge in [0, 0.05) is 24.3 Å². The van der Waals surface area contributed by atoms with Crippen molar-refractivity contribution in [2.45, 2.75) is 13.0 Å². The molecule has 0 spiro atoms. The van der Waals surface area contributed by atoms with Gasteiger partial charge in [-0.2, -0.15) is 0 Å². The van der Waals surface area contributed by atoms with Crippen LogP contribution < -0.4 is 0 Å². The molecule has 1 amide bonds. The Morgan fingerprint density at radius 3 is 3.24 bits per heavy atom.